The molecule has 1 saturated heterocycles. The van der Waals surface area contributed by atoms with Crippen LogP contribution in [0.25, 0.3) is 0 Å². The van der Waals surface area contributed by atoms with Crippen molar-refractivity contribution < 1.29 is 9.47 Å². The highest BCUT2D eigenvalue weighted by atomic mass is 16.5. The van der Waals surface area contributed by atoms with Gasteiger partial charge in [0.15, 0.2) is 0 Å². The molecule has 1 aromatic rings. The molecule has 94 valence electrons. The van der Waals surface area contributed by atoms with Gasteiger partial charge in [0.2, 0.25) is 0 Å². The summed E-state index contributed by atoms with van der Waals surface area (Å²) in [6, 6.07) is 6.28. The normalized spacial score (nSPS) is 20.2. The first-order valence-electron chi connectivity index (χ1n) is 6.21. The molecule has 2 rings (SSSR count). The number of hydrogen-bond acceptors (Lipinski definition) is 3. The summed E-state index contributed by atoms with van der Waals surface area (Å²) in [6.45, 7) is 2.87. The van der Waals surface area contributed by atoms with Gasteiger partial charge in [-0.05, 0) is 48.6 Å². The van der Waals surface area contributed by atoms with E-state index in [0.717, 1.165) is 18.8 Å². The molecule has 1 atom stereocenters. The van der Waals surface area contributed by atoms with E-state index in [2.05, 4.69) is 17.4 Å². The van der Waals surface area contributed by atoms with E-state index >= 15 is 0 Å². The summed E-state index contributed by atoms with van der Waals surface area (Å²) in [6.07, 6.45) is 2.49. The summed E-state index contributed by atoms with van der Waals surface area (Å²) >= 11 is 0. The lowest BCUT2D eigenvalue weighted by atomic mass is 9.88. The van der Waals surface area contributed by atoms with Crippen molar-refractivity contribution in [1.82, 2.24) is 5.32 Å². The van der Waals surface area contributed by atoms with Crippen molar-refractivity contribution in [2.45, 2.75) is 25.4 Å². The van der Waals surface area contributed by atoms with Crippen molar-refractivity contribution in [2.24, 2.45) is 0 Å². The minimum absolute atomic E-state index is 0.587. The molecule has 1 aliphatic rings. The smallest absolute Gasteiger partial charge is 0.119 e. The monoisotopic (exact) mass is 235 g/mol. The first-order chi connectivity index (χ1) is 8.35. The Kier molecular flexibility index (Phi) is 4.40. The minimum Gasteiger partial charge on any atom is -0.497 e. The van der Waals surface area contributed by atoms with Crippen molar-refractivity contribution in [1.29, 1.82) is 0 Å². The van der Waals surface area contributed by atoms with E-state index in [1.54, 1.807) is 14.2 Å². The number of hydrogen-bond donors (Lipinski definition) is 1. The van der Waals surface area contributed by atoms with Crippen LogP contribution in [-0.2, 0) is 11.3 Å². The molecule has 1 unspecified atom stereocenters. The molecule has 0 spiro atoms. The van der Waals surface area contributed by atoms with Crippen LogP contribution in [0.1, 0.15) is 29.9 Å². The predicted molar refractivity (Wildman–Crippen MR) is 68.6 cm³/mol. The van der Waals surface area contributed by atoms with Gasteiger partial charge in [0.1, 0.15) is 5.75 Å². The highest BCUT2D eigenvalue weighted by Gasteiger charge is 2.18. The summed E-state index contributed by atoms with van der Waals surface area (Å²) in [5.74, 6) is 1.52. The molecule has 0 aliphatic carbocycles. The second-order valence-corrected chi connectivity index (χ2v) is 4.54. The van der Waals surface area contributed by atoms with Gasteiger partial charge in [-0.15, -0.1) is 0 Å². The van der Waals surface area contributed by atoms with Crippen molar-refractivity contribution in [3.05, 3.63) is 29.3 Å². The molecule has 1 aromatic carbocycles. The Hall–Kier alpha value is -1.06. The van der Waals surface area contributed by atoms with E-state index < -0.39 is 0 Å². The van der Waals surface area contributed by atoms with Gasteiger partial charge in [0.05, 0.1) is 13.7 Å². The van der Waals surface area contributed by atoms with Gasteiger partial charge in [-0.1, -0.05) is 6.07 Å². The molecule has 1 heterocycles. The molecule has 3 nitrogen and oxygen atoms in total. The predicted octanol–water partition coefficient (Wildman–Crippen LogP) is 2.31. The van der Waals surface area contributed by atoms with Gasteiger partial charge < -0.3 is 14.8 Å². The van der Waals surface area contributed by atoms with Gasteiger partial charge in [-0.2, -0.15) is 0 Å². The van der Waals surface area contributed by atoms with E-state index in [9.17, 15) is 0 Å². The number of benzene rings is 1. The highest BCUT2D eigenvalue weighted by molar-refractivity contribution is 5.38. The maximum absolute atomic E-state index is 5.32. The van der Waals surface area contributed by atoms with Gasteiger partial charge in [0, 0.05) is 13.7 Å². The topological polar surface area (TPSA) is 30.5 Å². The maximum Gasteiger partial charge on any atom is 0.119 e. The lowest BCUT2D eigenvalue weighted by Crippen LogP contribution is -2.29. The number of methoxy groups -OCH3 is 2. The minimum atomic E-state index is 0.587. The first kappa shape index (κ1) is 12.4. The largest absolute Gasteiger partial charge is 0.497 e. The molecule has 1 N–H and O–H groups in total. The maximum atomic E-state index is 5.32. The molecule has 0 bridgehead atoms. The van der Waals surface area contributed by atoms with Crippen LogP contribution in [-0.4, -0.2) is 27.3 Å². The Morgan fingerprint density at radius 2 is 2.24 bits per heavy atom. The zero-order chi connectivity index (χ0) is 12.1. The molecule has 1 fully saturated rings. The van der Waals surface area contributed by atoms with Gasteiger partial charge in [-0.3, -0.25) is 0 Å². The molecule has 0 aromatic heterocycles. The van der Waals surface area contributed by atoms with Gasteiger partial charge in [-0.25, -0.2) is 0 Å². The fourth-order valence-corrected chi connectivity index (χ4v) is 2.48. The van der Waals surface area contributed by atoms with Crippen molar-refractivity contribution in [3.8, 4) is 5.75 Å². The van der Waals surface area contributed by atoms with E-state index in [1.807, 2.05) is 6.07 Å². The molecule has 17 heavy (non-hydrogen) atoms. The van der Waals surface area contributed by atoms with Crippen LogP contribution in [0.4, 0.5) is 0 Å². The van der Waals surface area contributed by atoms with Crippen molar-refractivity contribution in [3.63, 3.8) is 0 Å². The Morgan fingerprint density at radius 1 is 1.35 bits per heavy atom. The Balaban J connectivity index is 2.26. The van der Waals surface area contributed by atoms with Crippen molar-refractivity contribution in [2.75, 3.05) is 27.3 Å². The van der Waals surface area contributed by atoms with E-state index in [1.165, 1.54) is 24.0 Å². The lowest BCUT2D eigenvalue weighted by molar-refractivity contribution is 0.183. The molecule has 3 heteroatoms. The second-order valence-electron chi connectivity index (χ2n) is 4.54. The van der Waals surface area contributed by atoms with Crippen LogP contribution in [0.2, 0.25) is 0 Å². The van der Waals surface area contributed by atoms with Crippen LogP contribution in [0.3, 0.4) is 0 Å². The van der Waals surface area contributed by atoms with Crippen LogP contribution >= 0.6 is 0 Å². The molecule has 0 radical (unpaired) electrons. The fraction of sp³-hybridized carbons (Fsp3) is 0.571. The zero-order valence-corrected chi connectivity index (χ0v) is 10.7. The number of piperidine rings is 1. The number of rotatable bonds is 4. The Morgan fingerprint density at radius 3 is 2.88 bits per heavy atom. The molecule has 0 amide bonds. The average Bonchev–Trinajstić information content (AvgIpc) is 2.40. The zero-order valence-electron chi connectivity index (χ0n) is 10.7. The standard InChI is InChI=1S/C14H21NO2/c1-16-10-12-5-6-13(17-2)8-14(12)11-4-3-7-15-9-11/h5-6,8,11,15H,3-4,7,9-10H2,1-2H3. The van der Waals surface area contributed by atoms with Crippen molar-refractivity contribution >= 4 is 0 Å². The Labute approximate surface area is 103 Å². The molecule has 1 aliphatic heterocycles. The van der Waals surface area contributed by atoms with Crippen LogP contribution in [0, 0.1) is 0 Å². The summed E-state index contributed by atoms with van der Waals surface area (Å²) in [5.41, 5.74) is 2.65. The van der Waals surface area contributed by atoms with Crippen LogP contribution in [0.15, 0.2) is 18.2 Å². The highest BCUT2D eigenvalue weighted by Crippen LogP contribution is 2.29. The number of ether oxygens (including phenoxy) is 2. The van der Waals surface area contributed by atoms with Crippen LogP contribution in [0.5, 0.6) is 5.75 Å². The third kappa shape index (κ3) is 2.99. The second kappa shape index (κ2) is 6.03. The van der Waals surface area contributed by atoms with E-state index in [4.69, 9.17) is 9.47 Å². The van der Waals surface area contributed by atoms with Gasteiger partial charge >= 0.3 is 0 Å². The molecule has 0 saturated carbocycles. The number of nitrogens with one attached hydrogen (secondary N) is 1. The first-order valence-corrected chi connectivity index (χ1v) is 6.21. The Bertz CT molecular complexity index is 359. The summed E-state index contributed by atoms with van der Waals surface area (Å²) < 4.78 is 10.6. The summed E-state index contributed by atoms with van der Waals surface area (Å²) in [7, 11) is 3.46. The molecular weight excluding hydrogens is 214 g/mol. The molecular formula is C14H21NO2. The quantitative estimate of drug-likeness (QED) is 0.868. The van der Waals surface area contributed by atoms with E-state index in [-0.39, 0.29) is 0 Å². The van der Waals surface area contributed by atoms with Crippen LogP contribution < -0.4 is 10.1 Å². The van der Waals surface area contributed by atoms with Gasteiger partial charge in [0.25, 0.3) is 0 Å². The summed E-state index contributed by atoms with van der Waals surface area (Å²) in [4.78, 5) is 0. The average molecular weight is 235 g/mol. The lowest BCUT2D eigenvalue weighted by Gasteiger charge is -2.25. The third-order valence-electron chi connectivity index (χ3n) is 3.39. The van der Waals surface area contributed by atoms with E-state index in [0.29, 0.717) is 12.5 Å². The fourth-order valence-electron chi connectivity index (χ4n) is 2.48. The third-order valence-corrected chi connectivity index (χ3v) is 3.39. The SMILES string of the molecule is COCc1ccc(OC)cc1C1CCCNC1. The summed E-state index contributed by atoms with van der Waals surface area (Å²) in [5, 5.41) is 3.46.